The SMILES string of the molecule is CCCCCCCCCCc1ccc2ccc(CCCCCCCCCC)c(S(=O)(=O)[O-])c2c1.[K+]. The van der Waals surface area contributed by atoms with Gasteiger partial charge in [-0.05, 0) is 53.6 Å². The summed E-state index contributed by atoms with van der Waals surface area (Å²) in [6.45, 7) is 4.47. The molecule has 2 rings (SSSR count). The molecule has 0 atom stereocenters. The van der Waals surface area contributed by atoms with Gasteiger partial charge in [0, 0.05) is 0 Å². The molecule has 3 nitrogen and oxygen atoms in total. The van der Waals surface area contributed by atoms with Crippen LogP contribution in [0.15, 0.2) is 35.2 Å². The first-order valence-electron chi connectivity index (χ1n) is 14.0. The third-order valence-corrected chi connectivity index (χ3v) is 7.97. The van der Waals surface area contributed by atoms with Gasteiger partial charge in [0.25, 0.3) is 0 Å². The molecule has 0 saturated heterocycles. The van der Waals surface area contributed by atoms with Crippen molar-refractivity contribution >= 4 is 20.9 Å². The molecule has 0 amide bonds. The molecule has 2 aromatic rings. The van der Waals surface area contributed by atoms with E-state index < -0.39 is 10.1 Å². The largest absolute Gasteiger partial charge is 1.00 e. The molecule has 0 spiro atoms. The summed E-state index contributed by atoms with van der Waals surface area (Å²) in [5, 5.41) is 1.46. The average molecular weight is 527 g/mol. The maximum atomic E-state index is 12.3. The van der Waals surface area contributed by atoms with E-state index in [4.69, 9.17) is 0 Å². The van der Waals surface area contributed by atoms with Crippen LogP contribution in [0.3, 0.4) is 0 Å². The summed E-state index contributed by atoms with van der Waals surface area (Å²) in [4.78, 5) is 0.0192. The molecule has 0 N–H and O–H groups in total. The van der Waals surface area contributed by atoms with Crippen molar-refractivity contribution in [2.75, 3.05) is 0 Å². The quantitative estimate of drug-likeness (QED) is 0.126. The number of unbranched alkanes of at least 4 members (excludes halogenated alkanes) is 14. The van der Waals surface area contributed by atoms with Crippen LogP contribution in [0, 0.1) is 0 Å². The molecule has 0 aliphatic heterocycles. The van der Waals surface area contributed by atoms with E-state index in [0.29, 0.717) is 17.4 Å². The van der Waals surface area contributed by atoms with Crippen molar-refractivity contribution in [3.8, 4) is 0 Å². The van der Waals surface area contributed by atoms with Crippen molar-refractivity contribution in [1.29, 1.82) is 0 Å². The molecule has 0 fully saturated rings. The van der Waals surface area contributed by atoms with Gasteiger partial charge in [-0.1, -0.05) is 128 Å². The van der Waals surface area contributed by atoms with Gasteiger partial charge in [0.05, 0.1) is 4.90 Å². The molecule has 0 unspecified atom stereocenters. The topological polar surface area (TPSA) is 57.2 Å². The predicted octanol–water partition coefficient (Wildman–Crippen LogP) is 6.11. The molecular formula is C30H47KO3S. The van der Waals surface area contributed by atoms with Gasteiger partial charge in [-0.2, -0.15) is 0 Å². The van der Waals surface area contributed by atoms with Crippen LogP contribution in [0.4, 0.5) is 0 Å². The van der Waals surface area contributed by atoms with E-state index in [-0.39, 0.29) is 56.3 Å². The Morgan fingerprint density at radius 2 is 1.09 bits per heavy atom. The van der Waals surface area contributed by atoms with Crippen LogP contribution in [0.1, 0.15) is 128 Å². The van der Waals surface area contributed by atoms with Crippen LogP contribution in [0.5, 0.6) is 0 Å². The van der Waals surface area contributed by atoms with Gasteiger partial charge in [-0.3, -0.25) is 0 Å². The van der Waals surface area contributed by atoms with Crippen molar-refractivity contribution in [3.05, 3.63) is 41.5 Å². The van der Waals surface area contributed by atoms with Crippen LogP contribution in [0.2, 0.25) is 0 Å². The van der Waals surface area contributed by atoms with Crippen LogP contribution in [-0.4, -0.2) is 13.0 Å². The first-order valence-corrected chi connectivity index (χ1v) is 15.4. The fourth-order valence-corrected chi connectivity index (χ4v) is 5.88. The summed E-state index contributed by atoms with van der Waals surface area (Å²) in [6, 6.07) is 9.85. The fraction of sp³-hybridized carbons (Fsp3) is 0.667. The molecule has 2 aromatic carbocycles. The number of aryl methyl sites for hydroxylation is 2. The Hall–Kier alpha value is 0.246. The zero-order valence-corrected chi connectivity index (χ0v) is 26.7. The number of rotatable bonds is 19. The van der Waals surface area contributed by atoms with Crippen molar-refractivity contribution in [3.63, 3.8) is 0 Å². The van der Waals surface area contributed by atoms with Gasteiger partial charge < -0.3 is 4.55 Å². The Labute approximate surface area is 258 Å². The van der Waals surface area contributed by atoms with E-state index in [1.807, 2.05) is 24.3 Å². The number of hydrogen-bond acceptors (Lipinski definition) is 3. The Morgan fingerprint density at radius 1 is 0.629 bits per heavy atom. The Balaban J connectivity index is 0.00000612. The summed E-state index contributed by atoms with van der Waals surface area (Å²) < 4.78 is 36.8. The third-order valence-electron chi connectivity index (χ3n) is 6.99. The molecule has 0 aliphatic rings. The first kappa shape index (κ1) is 33.3. The summed E-state index contributed by atoms with van der Waals surface area (Å²) in [5.74, 6) is 0. The number of benzene rings is 2. The summed E-state index contributed by atoms with van der Waals surface area (Å²) in [6.07, 6.45) is 21.4. The second-order valence-electron chi connectivity index (χ2n) is 10.0. The molecule has 192 valence electrons. The normalized spacial score (nSPS) is 11.6. The molecule has 35 heavy (non-hydrogen) atoms. The second kappa shape index (κ2) is 19.3. The first-order chi connectivity index (χ1) is 16.5. The maximum absolute atomic E-state index is 12.3. The molecule has 0 heterocycles. The molecule has 5 heteroatoms. The van der Waals surface area contributed by atoms with Crippen molar-refractivity contribution in [2.24, 2.45) is 0 Å². The van der Waals surface area contributed by atoms with Gasteiger partial charge in [0.2, 0.25) is 0 Å². The van der Waals surface area contributed by atoms with Crippen LogP contribution in [0.25, 0.3) is 10.8 Å². The van der Waals surface area contributed by atoms with E-state index in [0.717, 1.165) is 36.6 Å². The summed E-state index contributed by atoms with van der Waals surface area (Å²) in [5.41, 5.74) is 1.82. The average Bonchev–Trinajstić information content (AvgIpc) is 2.81. The molecule has 0 aliphatic carbocycles. The van der Waals surface area contributed by atoms with Gasteiger partial charge in [-0.15, -0.1) is 0 Å². The minimum absolute atomic E-state index is 0. The zero-order valence-electron chi connectivity index (χ0n) is 22.7. The van der Waals surface area contributed by atoms with E-state index in [1.165, 1.54) is 83.5 Å². The molecule has 0 radical (unpaired) electrons. The van der Waals surface area contributed by atoms with Crippen LogP contribution >= 0.6 is 0 Å². The molecule has 0 saturated carbocycles. The Morgan fingerprint density at radius 3 is 1.60 bits per heavy atom. The van der Waals surface area contributed by atoms with E-state index in [9.17, 15) is 13.0 Å². The number of hydrogen-bond donors (Lipinski definition) is 0. The smallest absolute Gasteiger partial charge is 0.744 e. The zero-order chi connectivity index (χ0) is 24.7. The molecule has 0 aromatic heterocycles. The molecule has 0 bridgehead atoms. The third kappa shape index (κ3) is 13.0. The van der Waals surface area contributed by atoms with Crippen molar-refractivity contribution in [1.82, 2.24) is 0 Å². The van der Waals surface area contributed by atoms with Crippen LogP contribution < -0.4 is 51.4 Å². The summed E-state index contributed by atoms with van der Waals surface area (Å²) >= 11 is 0. The fourth-order valence-electron chi connectivity index (χ4n) is 4.94. The van der Waals surface area contributed by atoms with Gasteiger partial charge in [-0.25, -0.2) is 8.42 Å². The minimum Gasteiger partial charge on any atom is -0.744 e. The van der Waals surface area contributed by atoms with E-state index >= 15 is 0 Å². The molecular weight excluding hydrogens is 479 g/mol. The Bertz CT molecular complexity index is 935. The maximum Gasteiger partial charge on any atom is 1.00 e. The minimum atomic E-state index is -4.52. The van der Waals surface area contributed by atoms with Gasteiger partial charge >= 0.3 is 51.4 Å². The Kier molecular flexibility index (Phi) is 18.4. The van der Waals surface area contributed by atoms with Crippen molar-refractivity contribution in [2.45, 2.75) is 134 Å². The van der Waals surface area contributed by atoms with E-state index in [1.54, 1.807) is 0 Å². The van der Waals surface area contributed by atoms with Crippen LogP contribution in [-0.2, 0) is 23.0 Å². The standard InChI is InChI=1S/C30H48O3S.K/c1-3-5-7-9-11-13-15-17-19-26-21-22-27-23-24-28(30(29(27)25-26)34(31,32)33)20-18-16-14-12-10-8-6-4-2;/h21-25H,3-20H2,1-2H3,(H,31,32,33);/q;+1/p-1. The monoisotopic (exact) mass is 526 g/mol. The predicted molar refractivity (Wildman–Crippen MR) is 145 cm³/mol. The van der Waals surface area contributed by atoms with E-state index in [2.05, 4.69) is 19.9 Å². The van der Waals surface area contributed by atoms with Crippen molar-refractivity contribution < 1.29 is 64.4 Å². The summed E-state index contributed by atoms with van der Waals surface area (Å²) in [7, 11) is -4.52. The number of fused-ring (bicyclic) bond motifs is 1. The second-order valence-corrected chi connectivity index (χ2v) is 11.3. The van der Waals surface area contributed by atoms with Gasteiger partial charge in [0.1, 0.15) is 10.1 Å². The van der Waals surface area contributed by atoms with Gasteiger partial charge in [0.15, 0.2) is 0 Å².